The van der Waals surface area contributed by atoms with Gasteiger partial charge in [-0.25, -0.2) is 4.79 Å². The second-order valence-corrected chi connectivity index (χ2v) is 3.31. The third-order valence-corrected chi connectivity index (χ3v) is 2.02. The zero-order valence-electron chi connectivity index (χ0n) is 7.33. The summed E-state index contributed by atoms with van der Waals surface area (Å²) in [5.41, 5.74) is -1.18. The zero-order valence-corrected chi connectivity index (χ0v) is 7.33. The van der Waals surface area contributed by atoms with E-state index in [0.29, 0.717) is 0 Å². The summed E-state index contributed by atoms with van der Waals surface area (Å²) in [5, 5.41) is 10.8. The van der Waals surface area contributed by atoms with Gasteiger partial charge in [-0.15, -0.1) is 0 Å². The maximum atomic E-state index is 11.2. The predicted molar refractivity (Wildman–Crippen MR) is 42.0 cm³/mol. The molecular formula is C7H10N2O4. The van der Waals surface area contributed by atoms with E-state index in [2.05, 4.69) is 5.32 Å². The Balaban J connectivity index is 2.98. The maximum Gasteiger partial charge on any atom is 0.408 e. The van der Waals surface area contributed by atoms with Gasteiger partial charge in [0.15, 0.2) is 0 Å². The average Bonchev–Trinajstić information content (AvgIpc) is 1.96. The molecule has 0 bridgehead atoms. The summed E-state index contributed by atoms with van der Waals surface area (Å²) in [6.45, 7) is 2.60. The first-order valence-corrected chi connectivity index (χ1v) is 3.70. The number of nitrogens with zero attached hydrogens (tertiary/aromatic N) is 1. The Morgan fingerprint density at radius 3 is 2.54 bits per heavy atom. The molecule has 0 unspecified atom stereocenters. The highest BCUT2D eigenvalue weighted by Crippen LogP contribution is 2.17. The molecule has 0 spiro atoms. The molecule has 3 amide bonds. The lowest BCUT2D eigenvalue weighted by molar-refractivity contribution is -0.143. The van der Waals surface area contributed by atoms with Crippen LogP contribution in [0.1, 0.15) is 13.8 Å². The Hall–Kier alpha value is -1.59. The van der Waals surface area contributed by atoms with Crippen molar-refractivity contribution < 1.29 is 19.5 Å². The predicted octanol–water partition coefficient (Wildman–Crippen LogP) is -0.599. The fraction of sp³-hybridized carbons (Fsp3) is 0.571. The molecule has 6 nitrogen and oxygen atoms in total. The standard InChI is InChI=1S/C7H10N2O4/c1-7(2)5(11)8-4(10)3-9(7)6(12)13/h3H2,1-2H3,(H,12,13)(H,8,10,11). The van der Waals surface area contributed by atoms with E-state index in [4.69, 9.17) is 5.11 Å². The highest BCUT2D eigenvalue weighted by molar-refractivity contribution is 6.05. The Labute approximate surface area is 74.5 Å². The minimum atomic E-state index is -1.27. The van der Waals surface area contributed by atoms with E-state index in [1.165, 1.54) is 13.8 Å². The van der Waals surface area contributed by atoms with Crippen molar-refractivity contribution in [1.29, 1.82) is 0 Å². The van der Waals surface area contributed by atoms with Crippen LogP contribution in [0.4, 0.5) is 4.79 Å². The van der Waals surface area contributed by atoms with Gasteiger partial charge < -0.3 is 5.11 Å². The van der Waals surface area contributed by atoms with Gasteiger partial charge >= 0.3 is 6.09 Å². The number of carboxylic acid groups (broad SMARTS) is 1. The number of nitrogens with one attached hydrogen (secondary N) is 1. The van der Waals surface area contributed by atoms with Crippen LogP contribution < -0.4 is 5.32 Å². The van der Waals surface area contributed by atoms with Gasteiger partial charge in [-0.05, 0) is 13.8 Å². The summed E-state index contributed by atoms with van der Waals surface area (Å²) in [4.78, 5) is 33.5. The van der Waals surface area contributed by atoms with E-state index in [-0.39, 0.29) is 6.54 Å². The molecule has 0 saturated carbocycles. The van der Waals surface area contributed by atoms with Gasteiger partial charge in [0.25, 0.3) is 5.91 Å². The van der Waals surface area contributed by atoms with Crippen molar-refractivity contribution >= 4 is 17.9 Å². The smallest absolute Gasteiger partial charge is 0.408 e. The monoisotopic (exact) mass is 186 g/mol. The second kappa shape index (κ2) is 2.72. The fourth-order valence-electron chi connectivity index (χ4n) is 1.09. The molecule has 0 aromatic heterocycles. The molecule has 0 aromatic carbocycles. The van der Waals surface area contributed by atoms with Crippen LogP contribution in [0.5, 0.6) is 0 Å². The second-order valence-electron chi connectivity index (χ2n) is 3.31. The molecule has 13 heavy (non-hydrogen) atoms. The van der Waals surface area contributed by atoms with E-state index in [0.717, 1.165) is 4.90 Å². The lowest BCUT2D eigenvalue weighted by atomic mass is 10.00. The molecule has 1 heterocycles. The van der Waals surface area contributed by atoms with Crippen LogP contribution in [-0.4, -0.2) is 40.0 Å². The number of imide groups is 1. The molecule has 1 rings (SSSR count). The largest absolute Gasteiger partial charge is 0.465 e. The van der Waals surface area contributed by atoms with Crippen LogP contribution >= 0.6 is 0 Å². The van der Waals surface area contributed by atoms with Gasteiger partial charge in [0.2, 0.25) is 5.91 Å². The summed E-state index contributed by atoms with van der Waals surface area (Å²) in [7, 11) is 0. The van der Waals surface area contributed by atoms with Crippen LogP contribution in [-0.2, 0) is 9.59 Å². The topological polar surface area (TPSA) is 86.7 Å². The Morgan fingerprint density at radius 2 is 2.08 bits per heavy atom. The van der Waals surface area contributed by atoms with Gasteiger partial charge in [0.1, 0.15) is 12.1 Å². The van der Waals surface area contributed by atoms with Gasteiger partial charge in [-0.2, -0.15) is 0 Å². The van der Waals surface area contributed by atoms with Crippen LogP contribution in [0.3, 0.4) is 0 Å². The summed E-state index contributed by atoms with van der Waals surface area (Å²) in [5.74, 6) is -1.18. The zero-order chi connectivity index (χ0) is 10.2. The average molecular weight is 186 g/mol. The molecule has 6 heteroatoms. The minimum Gasteiger partial charge on any atom is -0.465 e. The van der Waals surface area contributed by atoms with Gasteiger partial charge in [0, 0.05) is 0 Å². The van der Waals surface area contributed by atoms with Crippen molar-refractivity contribution in [3.05, 3.63) is 0 Å². The van der Waals surface area contributed by atoms with Crippen molar-refractivity contribution in [3.63, 3.8) is 0 Å². The number of carbonyl (C=O) groups excluding carboxylic acids is 2. The Kier molecular flexibility index (Phi) is 1.99. The summed E-state index contributed by atoms with van der Waals surface area (Å²) in [6, 6.07) is 0. The maximum absolute atomic E-state index is 11.2. The number of piperazine rings is 1. The van der Waals surface area contributed by atoms with E-state index < -0.39 is 23.4 Å². The minimum absolute atomic E-state index is 0.298. The molecule has 0 aliphatic carbocycles. The molecule has 1 aliphatic rings. The quantitative estimate of drug-likeness (QED) is 0.494. The first kappa shape index (κ1) is 9.50. The van der Waals surface area contributed by atoms with Crippen LogP contribution in [0.15, 0.2) is 0 Å². The third kappa shape index (κ3) is 1.47. The van der Waals surface area contributed by atoms with Crippen molar-refractivity contribution in [1.82, 2.24) is 10.2 Å². The van der Waals surface area contributed by atoms with Crippen molar-refractivity contribution in [2.24, 2.45) is 0 Å². The van der Waals surface area contributed by atoms with Crippen molar-refractivity contribution in [3.8, 4) is 0 Å². The van der Waals surface area contributed by atoms with Gasteiger partial charge in [-0.3, -0.25) is 19.8 Å². The fourth-order valence-corrected chi connectivity index (χ4v) is 1.09. The number of amides is 3. The normalized spacial score (nSPS) is 21.2. The summed E-state index contributed by atoms with van der Waals surface area (Å²) >= 11 is 0. The SMILES string of the molecule is CC1(C)C(=O)NC(=O)CN1C(=O)O. The molecule has 1 saturated heterocycles. The Bertz CT molecular complexity index is 284. The van der Waals surface area contributed by atoms with Crippen LogP contribution in [0.25, 0.3) is 0 Å². The molecule has 72 valence electrons. The van der Waals surface area contributed by atoms with Crippen molar-refractivity contribution in [2.45, 2.75) is 19.4 Å². The highest BCUT2D eigenvalue weighted by Gasteiger charge is 2.43. The molecule has 0 aromatic rings. The number of rotatable bonds is 0. The third-order valence-electron chi connectivity index (χ3n) is 2.02. The highest BCUT2D eigenvalue weighted by atomic mass is 16.4. The molecule has 1 aliphatic heterocycles. The molecule has 2 N–H and O–H groups in total. The van der Waals surface area contributed by atoms with E-state index in [1.54, 1.807) is 0 Å². The number of hydrogen-bond donors (Lipinski definition) is 2. The summed E-state index contributed by atoms with van der Waals surface area (Å²) in [6.07, 6.45) is -1.27. The van der Waals surface area contributed by atoms with Gasteiger partial charge in [0.05, 0.1) is 0 Å². The number of hydrogen-bond acceptors (Lipinski definition) is 3. The van der Waals surface area contributed by atoms with Crippen LogP contribution in [0.2, 0.25) is 0 Å². The molecular weight excluding hydrogens is 176 g/mol. The van der Waals surface area contributed by atoms with E-state index in [9.17, 15) is 14.4 Å². The lowest BCUT2D eigenvalue weighted by Gasteiger charge is -2.37. The first-order chi connectivity index (χ1) is 5.85. The van der Waals surface area contributed by atoms with E-state index in [1.807, 2.05) is 0 Å². The van der Waals surface area contributed by atoms with Crippen molar-refractivity contribution in [2.75, 3.05) is 6.54 Å². The van der Waals surface area contributed by atoms with Crippen LogP contribution in [0, 0.1) is 0 Å². The molecule has 1 fully saturated rings. The summed E-state index contributed by atoms with van der Waals surface area (Å²) < 4.78 is 0. The number of carbonyl (C=O) groups is 3. The lowest BCUT2D eigenvalue weighted by Crippen LogP contribution is -2.65. The molecule has 0 atom stereocenters. The first-order valence-electron chi connectivity index (χ1n) is 3.70. The Morgan fingerprint density at radius 1 is 1.54 bits per heavy atom. The van der Waals surface area contributed by atoms with Gasteiger partial charge in [-0.1, -0.05) is 0 Å². The molecule has 0 radical (unpaired) electrons. The van der Waals surface area contributed by atoms with E-state index >= 15 is 0 Å².